The number of rotatable bonds is 9. The van der Waals surface area contributed by atoms with Crippen molar-refractivity contribution in [2.45, 2.75) is 44.9 Å². The molecule has 0 aromatic carbocycles. The Labute approximate surface area is 174 Å². The van der Waals surface area contributed by atoms with Crippen LogP contribution >= 0.6 is 23.1 Å². The summed E-state index contributed by atoms with van der Waals surface area (Å²) in [6.45, 7) is 4.56. The molecule has 1 aromatic rings. The van der Waals surface area contributed by atoms with E-state index < -0.39 is 6.04 Å². The summed E-state index contributed by atoms with van der Waals surface area (Å²) in [6.07, 6.45) is 5.64. The zero-order chi connectivity index (χ0) is 20.1. The number of hydrogen-bond acceptors (Lipinski definition) is 5. The topological polar surface area (TPSA) is 66.5 Å². The van der Waals surface area contributed by atoms with Gasteiger partial charge in [0.2, 0.25) is 17.7 Å². The third kappa shape index (κ3) is 4.87. The number of amides is 3. The van der Waals surface area contributed by atoms with Crippen LogP contribution in [-0.2, 0) is 20.1 Å². The van der Waals surface area contributed by atoms with Gasteiger partial charge in [-0.1, -0.05) is 26.0 Å². The highest BCUT2D eigenvalue weighted by Crippen LogP contribution is 2.37. The molecule has 1 N–H and O–H groups in total. The third-order valence-electron chi connectivity index (χ3n) is 5.25. The van der Waals surface area contributed by atoms with Crippen LogP contribution in [0.3, 0.4) is 0 Å². The molecule has 3 unspecified atom stereocenters. The molecule has 152 valence electrons. The zero-order valence-corrected chi connectivity index (χ0v) is 18.1. The van der Waals surface area contributed by atoms with E-state index in [0.717, 1.165) is 11.5 Å². The molecule has 3 amide bonds. The Morgan fingerprint density at radius 3 is 2.50 bits per heavy atom. The van der Waals surface area contributed by atoms with Gasteiger partial charge in [-0.15, -0.1) is 0 Å². The summed E-state index contributed by atoms with van der Waals surface area (Å²) >= 11 is 3.45. The van der Waals surface area contributed by atoms with Gasteiger partial charge in [-0.3, -0.25) is 19.3 Å². The highest BCUT2D eigenvalue weighted by Gasteiger charge is 2.51. The van der Waals surface area contributed by atoms with Gasteiger partial charge >= 0.3 is 0 Å². The molecule has 2 heterocycles. The van der Waals surface area contributed by atoms with Gasteiger partial charge in [0.15, 0.2) is 0 Å². The van der Waals surface area contributed by atoms with Crippen LogP contribution < -0.4 is 5.32 Å². The normalized spacial score (nSPS) is 22.6. The smallest absolute Gasteiger partial charge is 0.243 e. The van der Waals surface area contributed by atoms with E-state index in [-0.39, 0.29) is 35.5 Å². The number of likely N-dealkylation sites (tertiary alicyclic amines) is 1. The van der Waals surface area contributed by atoms with Gasteiger partial charge in [0.05, 0.1) is 11.8 Å². The quantitative estimate of drug-likeness (QED) is 0.377. The number of nitrogens with zero attached hydrogens (tertiary/aromatic N) is 1. The number of carbonyl (C=O) groups is 3. The molecule has 2 aliphatic rings. The van der Waals surface area contributed by atoms with Gasteiger partial charge in [-0.2, -0.15) is 23.1 Å². The van der Waals surface area contributed by atoms with Gasteiger partial charge in [0, 0.05) is 18.1 Å². The maximum atomic E-state index is 12.9. The van der Waals surface area contributed by atoms with E-state index >= 15 is 0 Å². The number of thiophene rings is 1. The summed E-state index contributed by atoms with van der Waals surface area (Å²) in [7, 11) is 0. The molecular formula is C21H28N2O3S2. The number of imide groups is 1. The Balaban J connectivity index is 1.57. The lowest BCUT2D eigenvalue weighted by molar-refractivity contribution is -0.148. The molecule has 3 rings (SSSR count). The summed E-state index contributed by atoms with van der Waals surface area (Å²) in [5.41, 5.74) is 1.29. The van der Waals surface area contributed by atoms with Crippen LogP contribution in [0.4, 0.5) is 0 Å². The Morgan fingerprint density at radius 1 is 1.25 bits per heavy atom. The standard InChI is InChI=1S/C21H28N2O3S2/c1-14(2)11-18(19(24)22-8-10-28-13-15-7-9-27-12-15)23-20(25)16-5-3-4-6-17(16)21(23)26/h3-4,7,9,12,14,16-18H,5-6,8,10-11,13H2,1-2H3,(H,22,24). The number of nitrogens with one attached hydrogen (secondary N) is 1. The first kappa shape index (κ1) is 21.1. The summed E-state index contributed by atoms with van der Waals surface area (Å²) in [5.74, 6) is 0.797. The minimum absolute atomic E-state index is 0.174. The summed E-state index contributed by atoms with van der Waals surface area (Å²) in [5, 5.41) is 7.14. The molecule has 0 bridgehead atoms. The lowest BCUT2D eigenvalue weighted by Crippen LogP contribution is -2.51. The van der Waals surface area contributed by atoms with Gasteiger partial charge in [-0.25, -0.2) is 0 Å². The van der Waals surface area contributed by atoms with Crippen LogP contribution in [0.2, 0.25) is 0 Å². The lowest BCUT2D eigenvalue weighted by Gasteiger charge is -2.27. The molecule has 1 fully saturated rings. The van der Waals surface area contributed by atoms with Crippen molar-refractivity contribution in [3.05, 3.63) is 34.5 Å². The third-order valence-corrected chi connectivity index (χ3v) is 7.01. The van der Waals surface area contributed by atoms with Crippen molar-refractivity contribution in [2.75, 3.05) is 12.3 Å². The van der Waals surface area contributed by atoms with Crippen LogP contribution in [0.25, 0.3) is 0 Å². The minimum Gasteiger partial charge on any atom is -0.353 e. The maximum absolute atomic E-state index is 12.9. The van der Waals surface area contributed by atoms with Crippen LogP contribution in [0, 0.1) is 17.8 Å². The SMILES string of the molecule is CC(C)CC(C(=O)NCCSCc1ccsc1)N1C(=O)C2CC=CCC2C1=O. The first-order chi connectivity index (χ1) is 13.5. The summed E-state index contributed by atoms with van der Waals surface area (Å²) < 4.78 is 0. The fourth-order valence-electron chi connectivity index (χ4n) is 3.84. The van der Waals surface area contributed by atoms with Crippen molar-refractivity contribution in [3.8, 4) is 0 Å². The Kier molecular flexibility index (Phi) is 7.35. The second-order valence-corrected chi connectivity index (χ2v) is 9.71. The lowest BCUT2D eigenvalue weighted by atomic mass is 9.85. The average Bonchev–Trinajstić information content (AvgIpc) is 3.27. The van der Waals surface area contributed by atoms with E-state index in [1.54, 1.807) is 23.1 Å². The van der Waals surface area contributed by atoms with Crippen LogP contribution in [0.1, 0.15) is 38.7 Å². The molecule has 1 aliphatic carbocycles. The summed E-state index contributed by atoms with van der Waals surface area (Å²) in [4.78, 5) is 39.9. The molecule has 1 aliphatic heterocycles. The van der Waals surface area contributed by atoms with Crippen molar-refractivity contribution in [1.82, 2.24) is 10.2 Å². The van der Waals surface area contributed by atoms with Crippen LogP contribution in [0.5, 0.6) is 0 Å². The second-order valence-electron chi connectivity index (χ2n) is 7.82. The molecule has 0 radical (unpaired) electrons. The van der Waals surface area contributed by atoms with Crippen molar-refractivity contribution in [2.24, 2.45) is 17.8 Å². The fourth-order valence-corrected chi connectivity index (χ4v) is 5.42. The second kappa shape index (κ2) is 9.74. The maximum Gasteiger partial charge on any atom is 0.243 e. The van der Waals surface area contributed by atoms with Crippen LogP contribution in [-0.4, -0.2) is 41.0 Å². The minimum atomic E-state index is -0.701. The van der Waals surface area contributed by atoms with E-state index in [9.17, 15) is 14.4 Å². The molecular weight excluding hydrogens is 392 g/mol. The van der Waals surface area contributed by atoms with E-state index in [1.165, 1.54) is 10.5 Å². The van der Waals surface area contributed by atoms with Crippen molar-refractivity contribution < 1.29 is 14.4 Å². The highest BCUT2D eigenvalue weighted by molar-refractivity contribution is 7.98. The fraction of sp³-hybridized carbons (Fsp3) is 0.571. The van der Waals surface area contributed by atoms with E-state index in [2.05, 4.69) is 22.1 Å². The Hall–Kier alpha value is -1.60. The highest BCUT2D eigenvalue weighted by atomic mass is 32.2. The molecule has 7 heteroatoms. The number of hydrogen-bond donors (Lipinski definition) is 1. The predicted molar refractivity (Wildman–Crippen MR) is 114 cm³/mol. The molecule has 0 saturated carbocycles. The number of thioether (sulfide) groups is 1. The Bertz CT molecular complexity index is 704. The predicted octanol–water partition coefficient (Wildman–Crippen LogP) is 3.46. The first-order valence-corrected chi connectivity index (χ1v) is 12.0. The van der Waals surface area contributed by atoms with Crippen molar-refractivity contribution >= 4 is 40.8 Å². The van der Waals surface area contributed by atoms with Crippen LogP contribution in [0.15, 0.2) is 29.0 Å². The van der Waals surface area contributed by atoms with E-state index in [1.807, 2.05) is 26.0 Å². The van der Waals surface area contributed by atoms with Gasteiger partial charge in [-0.05, 0) is 47.6 Å². The molecule has 3 atom stereocenters. The monoisotopic (exact) mass is 420 g/mol. The molecule has 1 aromatic heterocycles. The van der Waals surface area contributed by atoms with Crippen molar-refractivity contribution in [3.63, 3.8) is 0 Å². The molecule has 28 heavy (non-hydrogen) atoms. The van der Waals surface area contributed by atoms with Gasteiger partial charge in [0.25, 0.3) is 0 Å². The Morgan fingerprint density at radius 2 is 1.93 bits per heavy atom. The molecule has 1 saturated heterocycles. The van der Waals surface area contributed by atoms with Crippen molar-refractivity contribution in [1.29, 1.82) is 0 Å². The van der Waals surface area contributed by atoms with Gasteiger partial charge in [0.1, 0.15) is 6.04 Å². The molecule has 5 nitrogen and oxygen atoms in total. The number of fused-ring (bicyclic) bond motifs is 1. The molecule has 0 spiro atoms. The number of carbonyl (C=O) groups excluding carboxylic acids is 3. The number of allylic oxidation sites excluding steroid dienone is 2. The van der Waals surface area contributed by atoms with E-state index in [0.29, 0.717) is 25.8 Å². The van der Waals surface area contributed by atoms with Gasteiger partial charge < -0.3 is 5.32 Å². The first-order valence-electron chi connectivity index (χ1n) is 9.87. The zero-order valence-electron chi connectivity index (χ0n) is 16.4. The largest absolute Gasteiger partial charge is 0.353 e. The summed E-state index contributed by atoms with van der Waals surface area (Å²) in [6, 6.07) is 1.40. The van der Waals surface area contributed by atoms with E-state index in [4.69, 9.17) is 0 Å². The average molecular weight is 421 g/mol.